The standard InChI is InChI=1S/C25H33N3O5S/c1-6-7-8-18-15-34-22(26-18)27-21(31)13-25(5)19-12-20(30)17(14-29)11-16(19)9-10-28(25)23(32)33-24(2,3)4/h6,11-12,15,29-30H,1,7-10,13-14H2,2-5H3,(H,26,27,31)/t25-/m1/s1. The number of amides is 2. The van der Waals surface area contributed by atoms with E-state index in [0.717, 1.165) is 24.1 Å². The Labute approximate surface area is 204 Å². The lowest BCUT2D eigenvalue weighted by Gasteiger charge is -2.46. The average molecular weight is 488 g/mol. The number of fused-ring (bicyclic) bond motifs is 1. The number of hydrogen-bond donors (Lipinski definition) is 3. The summed E-state index contributed by atoms with van der Waals surface area (Å²) in [5, 5.41) is 25.2. The molecule has 0 fully saturated rings. The molecular weight excluding hydrogens is 454 g/mol. The third kappa shape index (κ3) is 5.77. The molecule has 1 atom stereocenters. The Morgan fingerprint density at radius 1 is 1.38 bits per heavy atom. The Hall–Kier alpha value is -2.91. The molecule has 184 valence electrons. The van der Waals surface area contributed by atoms with Crippen molar-refractivity contribution in [1.29, 1.82) is 0 Å². The van der Waals surface area contributed by atoms with Crippen LogP contribution >= 0.6 is 11.3 Å². The van der Waals surface area contributed by atoms with Gasteiger partial charge in [-0.3, -0.25) is 9.69 Å². The molecular formula is C25H33N3O5S. The van der Waals surface area contributed by atoms with E-state index in [0.29, 0.717) is 29.2 Å². The molecule has 34 heavy (non-hydrogen) atoms. The van der Waals surface area contributed by atoms with Crippen LogP contribution in [0.4, 0.5) is 9.93 Å². The lowest BCUT2D eigenvalue weighted by atomic mass is 9.78. The molecule has 1 aliphatic rings. The van der Waals surface area contributed by atoms with Crippen LogP contribution in [0.2, 0.25) is 0 Å². The highest BCUT2D eigenvalue weighted by molar-refractivity contribution is 7.13. The van der Waals surface area contributed by atoms with E-state index in [1.807, 2.05) is 11.5 Å². The number of aromatic hydroxyl groups is 1. The van der Waals surface area contributed by atoms with Gasteiger partial charge in [-0.15, -0.1) is 17.9 Å². The van der Waals surface area contributed by atoms with Crippen LogP contribution in [0.5, 0.6) is 5.75 Å². The molecule has 0 saturated heterocycles. The van der Waals surface area contributed by atoms with Crippen molar-refractivity contribution < 1.29 is 24.5 Å². The summed E-state index contributed by atoms with van der Waals surface area (Å²) in [6.07, 6.45) is 3.30. The first kappa shape index (κ1) is 25.7. The van der Waals surface area contributed by atoms with Crippen molar-refractivity contribution in [1.82, 2.24) is 9.88 Å². The Bertz CT molecular complexity index is 1070. The number of benzene rings is 1. The van der Waals surface area contributed by atoms with E-state index in [-0.39, 0.29) is 24.7 Å². The van der Waals surface area contributed by atoms with Crippen LogP contribution in [0.3, 0.4) is 0 Å². The molecule has 0 aliphatic carbocycles. The maximum absolute atomic E-state index is 13.1. The molecule has 3 rings (SSSR count). The second-order valence-electron chi connectivity index (χ2n) is 9.65. The minimum Gasteiger partial charge on any atom is -0.508 e. The van der Waals surface area contributed by atoms with Gasteiger partial charge < -0.3 is 20.3 Å². The van der Waals surface area contributed by atoms with Crippen molar-refractivity contribution in [2.45, 2.75) is 71.1 Å². The molecule has 0 radical (unpaired) electrons. The third-order valence-electron chi connectivity index (χ3n) is 5.78. The van der Waals surface area contributed by atoms with Crippen molar-refractivity contribution in [2.75, 3.05) is 11.9 Å². The molecule has 0 bridgehead atoms. The number of nitrogens with one attached hydrogen (secondary N) is 1. The highest BCUT2D eigenvalue weighted by Crippen LogP contribution is 2.42. The van der Waals surface area contributed by atoms with Crippen LogP contribution in [0.25, 0.3) is 0 Å². The summed E-state index contributed by atoms with van der Waals surface area (Å²) < 4.78 is 5.64. The van der Waals surface area contributed by atoms with Crippen molar-refractivity contribution in [3.8, 4) is 5.75 Å². The molecule has 0 saturated carbocycles. The summed E-state index contributed by atoms with van der Waals surface area (Å²) >= 11 is 1.35. The topological polar surface area (TPSA) is 112 Å². The molecule has 2 heterocycles. The minimum atomic E-state index is -1.08. The molecule has 9 heteroatoms. The average Bonchev–Trinajstić information content (AvgIpc) is 3.18. The fourth-order valence-electron chi connectivity index (χ4n) is 4.15. The second-order valence-corrected chi connectivity index (χ2v) is 10.5. The summed E-state index contributed by atoms with van der Waals surface area (Å²) in [4.78, 5) is 32.3. The number of ether oxygens (including phenoxy) is 1. The molecule has 1 aromatic heterocycles. The normalized spacial score (nSPS) is 17.7. The predicted molar refractivity (Wildman–Crippen MR) is 132 cm³/mol. The van der Waals surface area contributed by atoms with E-state index >= 15 is 0 Å². The summed E-state index contributed by atoms with van der Waals surface area (Å²) in [6.45, 7) is 10.9. The summed E-state index contributed by atoms with van der Waals surface area (Å²) in [7, 11) is 0. The first-order valence-electron chi connectivity index (χ1n) is 11.3. The number of aliphatic hydroxyl groups excluding tert-OH is 1. The lowest BCUT2D eigenvalue weighted by molar-refractivity contribution is -0.119. The van der Waals surface area contributed by atoms with Crippen molar-refractivity contribution >= 4 is 28.5 Å². The molecule has 2 amide bonds. The first-order valence-corrected chi connectivity index (χ1v) is 12.2. The Morgan fingerprint density at radius 2 is 2.12 bits per heavy atom. The molecule has 3 N–H and O–H groups in total. The van der Waals surface area contributed by atoms with Crippen molar-refractivity contribution in [3.05, 3.63) is 52.6 Å². The quantitative estimate of drug-likeness (QED) is 0.496. The number of aromatic nitrogens is 1. The Morgan fingerprint density at radius 3 is 2.76 bits per heavy atom. The number of phenols is 1. The monoisotopic (exact) mass is 487 g/mol. The van der Waals surface area contributed by atoms with Crippen LogP contribution in [0.15, 0.2) is 30.2 Å². The fourth-order valence-corrected chi connectivity index (χ4v) is 4.91. The van der Waals surface area contributed by atoms with E-state index < -0.39 is 17.2 Å². The minimum absolute atomic E-state index is 0.0568. The molecule has 0 spiro atoms. The zero-order chi connectivity index (χ0) is 25.1. The van der Waals surface area contributed by atoms with Crippen LogP contribution in [0.1, 0.15) is 62.9 Å². The number of aliphatic hydroxyl groups is 1. The number of hydrogen-bond acceptors (Lipinski definition) is 7. The maximum Gasteiger partial charge on any atom is 0.411 e. The van der Waals surface area contributed by atoms with E-state index in [1.165, 1.54) is 11.3 Å². The Balaban J connectivity index is 1.92. The summed E-state index contributed by atoms with van der Waals surface area (Å²) in [5.74, 6) is -0.384. The van der Waals surface area contributed by atoms with Gasteiger partial charge in [-0.25, -0.2) is 9.78 Å². The van der Waals surface area contributed by atoms with Gasteiger partial charge in [-0.1, -0.05) is 6.08 Å². The zero-order valence-corrected chi connectivity index (χ0v) is 21.0. The van der Waals surface area contributed by atoms with Gasteiger partial charge in [-0.05, 0) is 70.2 Å². The molecule has 1 aliphatic heterocycles. The van der Waals surface area contributed by atoms with Crippen LogP contribution < -0.4 is 5.32 Å². The third-order valence-corrected chi connectivity index (χ3v) is 6.58. The van der Waals surface area contributed by atoms with Crippen molar-refractivity contribution in [2.24, 2.45) is 0 Å². The van der Waals surface area contributed by atoms with E-state index in [4.69, 9.17) is 4.74 Å². The zero-order valence-electron chi connectivity index (χ0n) is 20.2. The van der Waals surface area contributed by atoms with Gasteiger partial charge in [0.1, 0.15) is 11.4 Å². The SMILES string of the molecule is C=CCCc1csc(NC(=O)C[C@]2(C)c3cc(O)c(CO)cc3CCN2C(=O)OC(C)(C)C)n1. The number of carbonyl (C=O) groups is 2. The van der Waals surface area contributed by atoms with Crippen LogP contribution in [-0.4, -0.2) is 44.2 Å². The summed E-state index contributed by atoms with van der Waals surface area (Å²) in [6, 6.07) is 3.28. The van der Waals surface area contributed by atoms with E-state index in [2.05, 4.69) is 16.9 Å². The van der Waals surface area contributed by atoms with Gasteiger partial charge in [0.05, 0.1) is 24.3 Å². The lowest BCUT2D eigenvalue weighted by Crippen LogP contribution is -2.54. The number of nitrogens with zero attached hydrogens (tertiary/aromatic N) is 2. The molecule has 1 aromatic carbocycles. The number of allylic oxidation sites excluding steroid dienone is 1. The molecule has 2 aromatic rings. The number of rotatable bonds is 7. The predicted octanol–water partition coefficient (Wildman–Crippen LogP) is 4.50. The van der Waals surface area contributed by atoms with Gasteiger partial charge in [0, 0.05) is 17.5 Å². The summed E-state index contributed by atoms with van der Waals surface area (Å²) in [5.41, 5.74) is 1.04. The number of aryl methyl sites for hydroxylation is 1. The van der Waals surface area contributed by atoms with Crippen molar-refractivity contribution in [3.63, 3.8) is 0 Å². The first-order chi connectivity index (χ1) is 16.0. The van der Waals surface area contributed by atoms with Crippen LogP contribution in [-0.2, 0) is 34.5 Å². The molecule has 0 unspecified atom stereocenters. The molecule has 8 nitrogen and oxygen atoms in total. The fraction of sp³-hybridized carbons (Fsp3) is 0.480. The smallest absolute Gasteiger partial charge is 0.411 e. The Kier molecular flexibility index (Phi) is 7.67. The van der Waals surface area contributed by atoms with E-state index in [9.17, 15) is 19.8 Å². The van der Waals surface area contributed by atoms with Gasteiger partial charge in [0.25, 0.3) is 0 Å². The number of thiazole rings is 1. The van der Waals surface area contributed by atoms with Crippen LogP contribution in [0, 0.1) is 0 Å². The van der Waals surface area contributed by atoms with Gasteiger partial charge >= 0.3 is 6.09 Å². The highest BCUT2D eigenvalue weighted by atomic mass is 32.1. The van der Waals surface area contributed by atoms with E-state index in [1.54, 1.807) is 44.7 Å². The van der Waals surface area contributed by atoms with Gasteiger partial charge in [-0.2, -0.15) is 0 Å². The second kappa shape index (κ2) is 10.1. The van der Waals surface area contributed by atoms with Gasteiger partial charge in [0.2, 0.25) is 5.91 Å². The number of carbonyl (C=O) groups excluding carboxylic acids is 2. The maximum atomic E-state index is 13.1. The van der Waals surface area contributed by atoms with Gasteiger partial charge in [0.15, 0.2) is 5.13 Å². The highest BCUT2D eigenvalue weighted by Gasteiger charge is 2.45. The number of anilines is 1. The largest absolute Gasteiger partial charge is 0.508 e.